The summed E-state index contributed by atoms with van der Waals surface area (Å²) in [5.74, 6) is 0.901. The summed E-state index contributed by atoms with van der Waals surface area (Å²) in [5, 5.41) is 0. The van der Waals surface area contributed by atoms with Crippen molar-refractivity contribution in [3.8, 4) is 11.5 Å². The average molecular weight is 258 g/mol. The number of halogens is 1. The molecule has 0 spiro atoms. The maximum Gasteiger partial charge on any atom is 0.231 e. The Kier molecular flexibility index (Phi) is 2.43. The molecule has 0 bridgehead atoms. The van der Waals surface area contributed by atoms with Gasteiger partial charge >= 0.3 is 0 Å². The van der Waals surface area contributed by atoms with Crippen molar-refractivity contribution in [2.45, 2.75) is 0 Å². The number of hydrogen-bond acceptors (Lipinski definition) is 4. The third-order valence-electron chi connectivity index (χ3n) is 1.96. The van der Waals surface area contributed by atoms with Gasteiger partial charge in [0, 0.05) is 0 Å². The van der Waals surface area contributed by atoms with Crippen LogP contribution in [-0.4, -0.2) is 19.1 Å². The Morgan fingerprint density at radius 3 is 2.86 bits per heavy atom. The molecule has 2 N–H and O–H groups in total. The van der Waals surface area contributed by atoms with Gasteiger partial charge in [-0.1, -0.05) is 0 Å². The van der Waals surface area contributed by atoms with Crippen LogP contribution in [0.2, 0.25) is 0 Å². The van der Waals surface area contributed by atoms with Gasteiger partial charge in [0.1, 0.15) is 0 Å². The molecule has 0 aromatic heterocycles. The summed E-state index contributed by atoms with van der Waals surface area (Å²) in [6, 6.07) is 3.42. The standard InChI is InChI=1S/C9H8BrNO3/c10-6-2-1-5(7(12)3-11)8-9(6)14-4-13-8/h1-2H,3-4,11H2. The first-order valence-electron chi connectivity index (χ1n) is 4.05. The fourth-order valence-electron chi connectivity index (χ4n) is 1.29. The number of carbonyl (C=O) groups is 1. The van der Waals surface area contributed by atoms with Crippen molar-refractivity contribution in [3.05, 3.63) is 22.2 Å². The number of nitrogens with two attached hydrogens (primary N) is 1. The Morgan fingerprint density at radius 2 is 2.14 bits per heavy atom. The van der Waals surface area contributed by atoms with E-state index < -0.39 is 0 Å². The lowest BCUT2D eigenvalue weighted by molar-refractivity contribution is 0.0996. The summed E-state index contributed by atoms with van der Waals surface area (Å²) >= 11 is 3.30. The second-order valence-electron chi connectivity index (χ2n) is 2.79. The van der Waals surface area contributed by atoms with Crippen LogP contribution in [0.5, 0.6) is 11.5 Å². The molecule has 0 aliphatic carbocycles. The van der Waals surface area contributed by atoms with Crippen LogP contribution in [-0.2, 0) is 0 Å². The average Bonchev–Trinajstić information content (AvgIpc) is 2.67. The number of Topliss-reactive ketones (excluding diaryl/α,β-unsaturated/α-hetero) is 1. The Hall–Kier alpha value is -1.07. The normalized spacial score (nSPS) is 13.0. The predicted molar refractivity (Wildman–Crippen MR) is 53.6 cm³/mol. The molecular formula is C9H8BrNO3. The minimum atomic E-state index is -0.153. The van der Waals surface area contributed by atoms with Crippen molar-refractivity contribution in [1.29, 1.82) is 0 Å². The van der Waals surface area contributed by atoms with E-state index in [1.165, 1.54) is 0 Å². The highest BCUT2D eigenvalue weighted by Gasteiger charge is 2.23. The number of fused-ring (bicyclic) bond motifs is 1. The zero-order valence-electron chi connectivity index (χ0n) is 7.25. The third-order valence-corrected chi connectivity index (χ3v) is 2.58. The van der Waals surface area contributed by atoms with Crippen molar-refractivity contribution in [3.63, 3.8) is 0 Å². The number of rotatable bonds is 2. The van der Waals surface area contributed by atoms with Crippen LogP contribution in [0.3, 0.4) is 0 Å². The van der Waals surface area contributed by atoms with Gasteiger partial charge in [0.05, 0.1) is 16.6 Å². The summed E-state index contributed by atoms with van der Waals surface area (Å²) in [6.45, 7) is 0.111. The largest absolute Gasteiger partial charge is 0.453 e. The fraction of sp³-hybridized carbons (Fsp3) is 0.222. The second-order valence-corrected chi connectivity index (χ2v) is 3.64. The summed E-state index contributed by atoms with van der Waals surface area (Å²) in [6.07, 6.45) is 0. The van der Waals surface area contributed by atoms with Crippen molar-refractivity contribution in [2.75, 3.05) is 13.3 Å². The molecule has 1 aromatic rings. The molecule has 2 rings (SSSR count). The van der Waals surface area contributed by atoms with Crippen LogP contribution in [0.1, 0.15) is 10.4 Å². The molecule has 0 saturated heterocycles. The molecule has 0 fully saturated rings. The summed E-state index contributed by atoms with van der Waals surface area (Å²) in [4.78, 5) is 11.4. The summed E-state index contributed by atoms with van der Waals surface area (Å²) < 4.78 is 11.2. The van der Waals surface area contributed by atoms with E-state index >= 15 is 0 Å². The maximum absolute atomic E-state index is 11.4. The van der Waals surface area contributed by atoms with Crippen LogP contribution in [0.25, 0.3) is 0 Å². The molecule has 1 aromatic carbocycles. The van der Waals surface area contributed by atoms with Crippen molar-refractivity contribution in [1.82, 2.24) is 0 Å². The fourth-order valence-corrected chi connectivity index (χ4v) is 1.72. The highest BCUT2D eigenvalue weighted by Crippen LogP contribution is 2.41. The van der Waals surface area contributed by atoms with Crippen LogP contribution in [0.15, 0.2) is 16.6 Å². The minimum Gasteiger partial charge on any atom is -0.453 e. The highest BCUT2D eigenvalue weighted by molar-refractivity contribution is 9.10. The van der Waals surface area contributed by atoms with Gasteiger partial charge in [-0.2, -0.15) is 0 Å². The van der Waals surface area contributed by atoms with E-state index in [1.807, 2.05) is 0 Å². The topological polar surface area (TPSA) is 61.6 Å². The van der Waals surface area contributed by atoms with Crippen LogP contribution < -0.4 is 15.2 Å². The van der Waals surface area contributed by atoms with E-state index in [2.05, 4.69) is 15.9 Å². The monoisotopic (exact) mass is 257 g/mol. The van der Waals surface area contributed by atoms with Gasteiger partial charge in [-0.05, 0) is 28.1 Å². The quantitative estimate of drug-likeness (QED) is 0.812. The molecule has 0 radical (unpaired) electrons. The number of hydrogen-bond donors (Lipinski definition) is 1. The van der Waals surface area contributed by atoms with E-state index in [0.717, 1.165) is 4.47 Å². The lowest BCUT2D eigenvalue weighted by atomic mass is 10.1. The van der Waals surface area contributed by atoms with Gasteiger partial charge in [-0.15, -0.1) is 0 Å². The molecule has 74 valence electrons. The molecule has 1 aliphatic heterocycles. The Labute approximate surface area is 89.1 Å². The van der Waals surface area contributed by atoms with Crippen molar-refractivity contribution >= 4 is 21.7 Å². The van der Waals surface area contributed by atoms with Crippen molar-refractivity contribution < 1.29 is 14.3 Å². The lowest BCUT2D eigenvalue weighted by Gasteiger charge is -2.04. The number of ether oxygens (including phenoxy) is 2. The van der Waals surface area contributed by atoms with Gasteiger partial charge in [0.15, 0.2) is 17.3 Å². The van der Waals surface area contributed by atoms with E-state index in [4.69, 9.17) is 15.2 Å². The molecule has 0 unspecified atom stereocenters. The first kappa shape index (κ1) is 9.48. The van der Waals surface area contributed by atoms with Gasteiger partial charge in [0.2, 0.25) is 6.79 Å². The van der Waals surface area contributed by atoms with E-state index in [9.17, 15) is 4.79 Å². The van der Waals surface area contributed by atoms with E-state index in [0.29, 0.717) is 17.1 Å². The van der Waals surface area contributed by atoms with E-state index in [-0.39, 0.29) is 19.1 Å². The highest BCUT2D eigenvalue weighted by atomic mass is 79.9. The molecular weight excluding hydrogens is 250 g/mol. The zero-order valence-corrected chi connectivity index (χ0v) is 8.83. The molecule has 5 heteroatoms. The minimum absolute atomic E-state index is 0.0303. The molecule has 1 aliphatic rings. The summed E-state index contributed by atoms with van der Waals surface area (Å²) in [5.41, 5.74) is 5.75. The van der Waals surface area contributed by atoms with E-state index in [1.54, 1.807) is 12.1 Å². The Balaban J connectivity index is 2.53. The van der Waals surface area contributed by atoms with Crippen LogP contribution in [0, 0.1) is 0 Å². The predicted octanol–water partition coefficient (Wildman–Crippen LogP) is 1.32. The number of ketones is 1. The number of carbonyl (C=O) groups excluding carboxylic acids is 1. The summed E-state index contributed by atoms with van der Waals surface area (Å²) in [7, 11) is 0. The molecule has 14 heavy (non-hydrogen) atoms. The second kappa shape index (κ2) is 3.59. The van der Waals surface area contributed by atoms with Gasteiger partial charge in [0.25, 0.3) is 0 Å². The van der Waals surface area contributed by atoms with Gasteiger partial charge in [-0.25, -0.2) is 0 Å². The van der Waals surface area contributed by atoms with Gasteiger partial charge < -0.3 is 15.2 Å². The maximum atomic E-state index is 11.4. The molecule has 4 nitrogen and oxygen atoms in total. The molecule has 0 atom stereocenters. The lowest BCUT2D eigenvalue weighted by Crippen LogP contribution is -2.14. The number of benzene rings is 1. The molecule has 0 amide bonds. The first-order chi connectivity index (χ1) is 6.74. The third kappa shape index (κ3) is 1.38. The molecule has 0 saturated carbocycles. The Bertz CT molecular complexity index is 392. The van der Waals surface area contributed by atoms with Crippen LogP contribution in [0.4, 0.5) is 0 Å². The van der Waals surface area contributed by atoms with Crippen LogP contribution >= 0.6 is 15.9 Å². The van der Waals surface area contributed by atoms with Crippen molar-refractivity contribution in [2.24, 2.45) is 5.73 Å². The Morgan fingerprint density at radius 1 is 1.43 bits per heavy atom. The van der Waals surface area contributed by atoms with Gasteiger partial charge in [-0.3, -0.25) is 4.79 Å². The molecule has 1 heterocycles. The SMILES string of the molecule is NCC(=O)c1ccc(Br)c2c1OCO2. The smallest absolute Gasteiger partial charge is 0.231 e. The first-order valence-corrected chi connectivity index (χ1v) is 4.84. The zero-order chi connectivity index (χ0) is 10.1.